The monoisotopic (exact) mass is 512 g/mol. The van der Waals surface area contributed by atoms with Gasteiger partial charge in [0.1, 0.15) is 5.82 Å². The van der Waals surface area contributed by atoms with Gasteiger partial charge in [-0.15, -0.1) is 0 Å². The Labute approximate surface area is 209 Å². The lowest BCUT2D eigenvalue weighted by atomic mass is 9.74. The highest BCUT2D eigenvalue weighted by molar-refractivity contribution is 5.85. The Morgan fingerprint density at radius 1 is 1.14 bits per heavy atom. The Bertz CT molecular complexity index is 922. The molecule has 0 bridgehead atoms. The lowest BCUT2D eigenvalue weighted by molar-refractivity contribution is -0.192. The zero-order chi connectivity index (χ0) is 26.5. The van der Waals surface area contributed by atoms with Gasteiger partial charge in [0.15, 0.2) is 0 Å². The van der Waals surface area contributed by atoms with E-state index in [0.29, 0.717) is 31.3 Å². The number of anilines is 1. The molecule has 1 saturated carbocycles. The van der Waals surface area contributed by atoms with Gasteiger partial charge in [-0.05, 0) is 43.7 Å². The largest absolute Gasteiger partial charge is 0.490 e. The number of nitrogens with zero attached hydrogens (tertiary/aromatic N) is 4. The lowest BCUT2D eigenvalue weighted by Gasteiger charge is -2.34. The number of alkyl halides is 3. The van der Waals surface area contributed by atoms with Crippen LogP contribution < -0.4 is 4.90 Å². The number of carboxylic acids is 1. The van der Waals surface area contributed by atoms with E-state index >= 15 is 0 Å². The molecule has 1 aliphatic carbocycles. The van der Waals surface area contributed by atoms with Crippen LogP contribution in [0.5, 0.6) is 0 Å². The second-order valence-electron chi connectivity index (χ2n) is 10.2. The van der Waals surface area contributed by atoms with Crippen molar-refractivity contribution < 1.29 is 32.7 Å². The molecule has 0 spiro atoms. The van der Waals surface area contributed by atoms with Gasteiger partial charge >= 0.3 is 12.1 Å². The standard InChI is InChI=1S/C23H34N4O2.C2HF3O2/c1-25(2)22(29)23-11-7-13-26(21(28)14-18-8-3-4-9-18)15-19(23)16-27(17-23)20-10-5-6-12-24-20;3-2(4,5)1(6)7/h5-6,10,12,18-19H,3-4,7-9,11,13-17H2,1-2H3;(H,6,7)/t19-,23-;/m0./s1. The molecule has 8 nitrogen and oxygen atoms in total. The highest BCUT2D eigenvalue weighted by atomic mass is 19.4. The molecule has 3 heterocycles. The normalized spacial score (nSPS) is 24.4. The van der Waals surface area contributed by atoms with Crippen molar-refractivity contribution in [2.45, 2.75) is 51.1 Å². The average molecular weight is 513 g/mol. The maximum Gasteiger partial charge on any atom is 0.490 e. The zero-order valence-corrected chi connectivity index (χ0v) is 20.8. The smallest absolute Gasteiger partial charge is 0.475 e. The minimum absolute atomic E-state index is 0.148. The Morgan fingerprint density at radius 3 is 2.36 bits per heavy atom. The minimum atomic E-state index is -5.08. The van der Waals surface area contributed by atoms with E-state index in [1.807, 2.05) is 32.3 Å². The van der Waals surface area contributed by atoms with Gasteiger partial charge in [0.2, 0.25) is 11.8 Å². The fourth-order valence-corrected chi connectivity index (χ4v) is 5.76. The lowest BCUT2D eigenvalue weighted by Crippen LogP contribution is -2.47. The molecule has 3 fully saturated rings. The van der Waals surface area contributed by atoms with Crippen LogP contribution in [0.1, 0.15) is 44.9 Å². The van der Waals surface area contributed by atoms with Gasteiger partial charge in [0.25, 0.3) is 0 Å². The van der Waals surface area contributed by atoms with Crippen LogP contribution in [-0.4, -0.2) is 84.1 Å². The molecule has 36 heavy (non-hydrogen) atoms. The fraction of sp³-hybridized carbons (Fsp3) is 0.680. The van der Waals surface area contributed by atoms with Crippen LogP contribution in [0.15, 0.2) is 24.4 Å². The first kappa shape index (κ1) is 27.7. The molecule has 4 rings (SSSR count). The van der Waals surface area contributed by atoms with Crippen LogP contribution in [0.4, 0.5) is 19.0 Å². The molecule has 1 N–H and O–H groups in total. The summed E-state index contributed by atoms with van der Waals surface area (Å²) < 4.78 is 31.7. The molecular formula is C25H35F3N4O4. The zero-order valence-electron chi connectivity index (χ0n) is 20.8. The number of carbonyl (C=O) groups excluding carboxylic acids is 2. The molecule has 0 aromatic carbocycles. The topological polar surface area (TPSA) is 94.1 Å². The highest BCUT2D eigenvalue weighted by Gasteiger charge is 2.54. The molecule has 11 heteroatoms. The van der Waals surface area contributed by atoms with Gasteiger partial charge in [-0.25, -0.2) is 9.78 Å². The molecule has 1 aromatic rings. The van der Waals surface area contributed by atoms with Crippen molar-refractivity contribution in [2.24, 2.45) is 17.3 Å². The quantitative estimate of drug-likeness (QED) is 0.665. The van der Waals surface area contributed by atoms with Crippen LogP contribution >= 0.6 is 0 Å². The molecule has 0 radical (unpaired) electrons. The van der Waals surface area contributed by atoms with Crippen LogP contribution in [-0.2, 0) is 14.4 Å². The number of aliphatic carboxylic acids is 1. The summed E-state index contributed by atoms with van der Waals surface area (Å²) in [6, 6.07) is 5.93. The van der Waals surface area contributed by atoms with Crippen molar-refractivity contribution in [2.75, 3.05) is 45.2 Å². The predicted molar refractivity (Wildman–Crippen MR) is 127 cm³/mol. The van der Waals surface area contributed by atoms with Crippen LogP contribution in [0.3, 0.4) is 0 Å². The molecule has 2 aliphatic heterocycles. The molecule has 2 atom stereocenters. The summed E-state index contributed by atoms with van der Waals surface area (Å²) >= 11 is 0. The van der Waals surface area contributed by atoms with Gasteiger partial charge in [0, 0.05) is 58.8 Å². The van der Waals surface area contributed by atoms with E-state index in [1.165, 1.54) is 25.7 Å². The molecule has 2 amide bonds. The number of hydrogen-bond acceptors (Lipinski definition) is 5. The first-order valence-electron chi connectivity index (χ1n) is 12.4. The third-order valence-corrected chi connectivity index (χ3v) is 7.53. The van der Waals surface area contributed by atoms with Gasteiger partial charge < -0.3 is 19.8 Å². The van der Waals surface area contributed by atoms with E-state index < -0.39 is 17.6 Å². The van der Waals surface area contributed by atoms with Crippen LogP contribution in [0, 0.1) is 17.3 Å². The number of aromatic nitrogens is 1. The second-order valence-corrected chi connectivity index (χ2v) is 10.2. The van der Waals surface area contributed by atoms with Crippen molar-refractivity contribution in [3.05, 3.63) is 24.4 Å². The van der Waals surface area contributed by atoms with Gasteiger partial charge in [-0.1, -0.05) is 18.9 Å². The number of carboxylic acid groups (broad SMARTS) is 1. The van der Waals surface area contributed by atoms with Gasteiger partial charge in [0.05, 0.1) is 5.41 Å². The van der Waals surface area contributed by atoms with Gasteiger partial charge in [-0.2, -0.15) is 13.2 Å². The maximum atomic E-state index is 13.4. The number of fused-ring (bicyclic) bond motifs is 1. The van der Waals surface area contributed by atoms with E-state index in [2.05, 4.69) is 14.8 Å². The SMILES string of the molecule is CN(C)C(=O)[C@]12CCCN(C(=O)CC3CCCC3)C[C@H]1CN(c1ccccn1)C2.O=C(O)C(F)(F)F. The van der Waals surface area contributed by atoms with E-state index in [1.54, 1.807) is 11.1 Å². The van der Waals surface area contributed by atoms with Crippen LogP contribution in [0.2, 0.25) is 0 Å². The third-order valence-electron chi connectivity index (χ3n) is 7.53. The first-order chi connectivity index (χ1) is 16.9. The van der Waals surface area contributed by atoms with E-state index in [0.717, 1.165) is 31.7 Å². The number of amides is 2. The minimum Gasteiger partial charge on any atom is -0.475 e. The Morgan fingerprint density at radius 2 is 1.81 bits per heavy atom. The molecule has 200 valence electrons. The number of carbonyl (C=O) groups is 3. The number of pyridine rings is 1. The maximum absolute atomic E-state index is 13.4. The Kier molecular flexibility index (Phi) is 8.84. The molecular weight excluding hydrogens is 477 g/mol. The summed E-state index contributed by atoms with van der Waals surface area (Å²) in [5, 5.41) is 7.12. The van der Waals surface area contributed by atoms with Crippen molar-refractivity contribution in [3.8, 4) is 0 Å². The van der Waals surface area contributed by atoms with Crippen molar-refractivity contribution >= 4 is 23.6 Å². The van der Waals surface area contributed by atoms with Crippen molar-refractivity contribution in [1.29, 1.82) is 0 Å². The summed E-state index contributed by atoms with van der Waals surface area (Å²) in [7, 11) is 3.71. The van der Waals surface area contributed by atoms with E-state index in [4.69, 9.17) is 9.90 Å². The van der Waals surface area contributed by atoms with Crippen molar-refractivity contribution in [1.82, 2.24) is 14.8 Å². The molecule has 3 aliphatic rings. The van der Waals surface area contributed by atoms with E-state index in [9.17, 15) is 22.8 Å². The molecule has 2 saturated heterocycles. The molecule has 0 unspecified atom stereocenters. The number of halogens is 3. The third kappa shape index (κ3) is 6.47. The van der Waals surface area contributed by atoms with Gasteiger partial charge in [-0.3, -0.25) is 9.59 Å². The number of hydrogen-bond donors (Lipinski definition) is 1. The summed E-state index contributed by atoms with van der Waals surface area (Å²) in [5.41, 5.74) is -0.427. The molecule has 1 aromatic heterocycles. The Balaban J connectivity index is 0.000000454. The number of rotatable bonds is 4. The predicted octanol–water partition coefficient (Wildman–Crippen LogP) is 3.43. The average Bonchev–Trinajstić information content (AvgIpc) is 3.43. The van der Waals surface area contributed by atoms with Crippen LogP contribution in [0.25, 0.3) is 0 Å². The highest BCUT2D eigenvalue weighted by Crippen LogP contribution is 2.45. The Hall–Kier alpha value is -2.85. The number of likely N-dealkylation sites (tertiary alicyclic amines) is 1. The summed E-state index contributed by atoms with van der Waals surface area (Å²) in [6.45, 7) is 2.95. The van der Waals surface area contributed by atoms with E-state index in [-0.39, 0.29) is 11.8 Å². The fourth-order valence-electron chi connectivity index (χ4n) is 5.76. The second kappa shape index (κ2) is 11.5. The van der Waals surface area contributed by atoms with Crippen molar-refractivity contribution in [3.63, 3.8) is 0 Å². The summed E-state index contributed by atoms with van der Waals surface area (Å²) in [4.78, 5) is 45.9. The summed E-state index contributed by atoms with van der Waals surface area (Å²) in [5.74, 6) is -0.628. The first-order valence-corrected chi connectivity index (χ1v) is 12.4. The summed E-state index contributed by atoms with van der Waals surface area (Å²) in [6.07, 6.45) is 4.06.